The lowest BCUT2D eigenvalue weighted by Gasteiger charge is -2.23. The van der Waals surface area contributed by atoms with Crippen LogP contribution in [0.15, 0.2) is 40.5 Å². The van der Waals surface area contributed by atoms with Crippen LogP contribution in [-0.2, 0) is 17.8 Å². The van der Waals surface area contributed by atoms with Gasteiger partial charge in [-0.3, -0.25) is 18.6 Å². The maximum atomic E-state index is 13.0. The van der Waals surface area contributed by atoms with E-state index in [-0.39, 0.29) is 11.5 Å². The van der Waals surface area contributed by atoms with E-state index in [1.165, 1.54) is 22.6 Å². The Morgan fingerprint density at radius 2 is 2.06 bits per heavy atom. The normalized spacial score (nSPS) is 11.6. The second-order valence-corrected chi connectivity index (χ2v) is 10.2. The summed E-state index contributed by atoms with van der Waals surface area (Å²) >= 11 is 1.43. The van der Waals surface area contributed by atoms with Crippen molar-refractivity contribution in [2.75, 3.05) is 24.5 Å². The van der Waals surface area contributed by atoms with E-state index in [4.69, 9.17) is 0 Å². The van der Waals surface area contributed by atoms with Crippen LogP contribution in [0.1, 0.15) is 45.0 Å². The van der Waals surface area contributed by atoms with Crippen LogP contribution in [0.3, 0.4) is 0 Å². The summed E-state index contributed by atoms with van der Waals surface area (Å²) in [4.78, 5) is 27.8. The monoisotopic (exact) mass is 494 g/mol. The van der Waals surface area contributed by atoms with E-state index in [2.05, 4.69) is 72.4 Å². The molecule has 3 aromatic heterocycles. The van der Waals surface area contributed by atoms with Gasteiger partial charge in [0.25, 0.3) is 5.56 Å². The number of aryl methyl sites for hydroxylation is 2. The van der Waals surface area contributed by atoms with Crippen LogP contribution in [0.2, 0.25) is 0 Å². The highest BCUT2D eigenvalue weighted by molar-refractivity contribution is 7.17. The van der Waals surface area contributed by atoms with Gasteiger partial charge in [0.15, 0.2) is 0 Å². The number of hydrogen-bond donors (Lipinski definition) is 1. The van der Waals surface area contributed by atoms with Crippen LogP contribution >= 0.6 is 11.3 Å². The third-order valence-corrected chi connectivity index (χ3v) is 6.97. The number of fused-ring (bicyclic) bond motifs is 3. The minimum Gasteiger partial charge on any atom is -0.372 e. The first kappa shape index (κ1) is 24.9. The van der Waals surface area contributed by atoms with Crippen LogP contribution in [-0.4, -0.2) is 44.7 Å². The molecule has 0 aliphatic carbocycles. The number of amides is 1. The summed E-state index contributed by atoms with van der Waals surface area (Å²) < 4.78 is 4.33. The van der Waals surface area contributed by atoms with Gasteiger partial charge in [-0.2, -0.15) is 0 Å². The van der Waals surface area contributed by atoms with Crippen LogP contribution < -0.4 is 15.8 Å². The van der Waals surface area contributed by atoms with Crippen LogP contribution in [0, 0.1) is 12.8 Å². The first-order valence-corrected chi connectivity index (χ1v) is 13.2. The Labute approximate surface area is 209 Å². The molecule has 35 heavy (non-hydrogen) atoms. The first-order chi connectivity index (χ1) is 16.9. The van der Waals surface area contributed by atoms with Crippen molar-refractivity contribution in [1.29, 1.82) is 0 Å². The fourth-order valence-electron chi connectivity index (χ4n) is 4.38. The molecule has 1 N–H and O–H groups in total. The molecule has 0 aliphatic rings. The van der Waals surface area contributed by atoms with E-state index in [0.29, 0.717) is 48.2 Å². The van der Waals surface area contributed by atoms with E-state index in [1.807, 2.05) is 15.8 Å². The molecule has 0 bridgehead atoms. The van der Waals surface area contributed by atoms with Crippen LogP contribution in [0.4, 0.5) is 5.69 Å². The Morgan fingerprint density at radius 1 is 1.23 bits per heavy atom. The van der Waals surface area contributed by atoms with E-state index >= 15 is 0 Å². The lowest BCUT2D eigenvalue weighted by atomic mass is 10.2. The Bertz CT molecular complexity index is 1370. The minimum absolute atomic E-state index is 0.00239. The second kappa shape index (κ2) is 11.0. The number of nitrogens with zero attached hydrogens (tertiary/aromatic N) is 5. The third-order valence-electron chi connectivity index (χ3n) is 6.08. The van der Waals surface area contributed by atoms with Gasteiger partial charge >= 0.3 is 0 Å². The van der Waals surface area contributed by atoms with Crippen molar-refractivity contribution in [3.8, 4) is 0 Å². The number of thiophene rings is 1. The zero-order chi connectivity index (χ0) is 24.9. The molecule has 0 radical (unpaired) electrons. The molecular formula is C26H34N6O2S. The fraction of sp³-hybridized carbons (Fsp3) is 0.462. The Balaban J connectivity index is 1.37. The molecule has 4 rings (SSSR count). The van der Waals surface area contributed by atoms with Gasteiger partial charge < -0.3 is 10.2 Å². The van der Waals surface area contributed by atoms with Crippen molar-refractivity contribution >= 4 is 38.9 Å². The maximum absolute atomic E-state index is 13.0. The Morgan fingerprint density at radius 3 is 2.80 bits per heavy atom. The number of carbonyl (C=O) groups excluding carboxylic acids is 1. The summed E-state index contributed by atoms with van der Waals surface area (Å²) in [6.07, 6.45) is 1.66. The van der Waals surface area contributed by atoms with Gasteiger partial charge in [-0.1, -0.05) is 26.0 Å². The predicted molar refractivity (Wildman–Crippen MR) is 142 cm³/mol. The van der Waals surface area contributed by atoms with Gasteiger partial charge in [0.2, 0.25) is 11.7 Å². The van der Waals surface area contributed by atoms with Gasteiger partial charge in [0.05, 0.1) is 5.52 Å². The molecule has 8 nitrogen and oxygen atoms in total. The molecule has 186 valence electrons. The predicted octanol–water partition coefficient (Wildman–Crippen LogP) is 4.04. The van der Waals surface area contributed by atoms with Gasteiger partial charge in [0.1, 0.15) is 10.5 Å². The number of rotatable bonds is 11. The lowest BCUT2D eigenvalue weighted by Crippen LogP contribution is -2.30. The van der Waals surface area contributed by atoms with Crippen LogP contribution in [0.5, 0.6) is 0 Å². The summed E-state index contributed by atoms with van der Waals surface area (Å²) in [5.41, 5.74) is 3.25. The summed E-state index contributed by atoms with van der Waals surface area (Å²) in [7, 11) is 0. The number of anilines is 1. The quantitative estimate of drug-likeness (QED) is 0.318. The number of benzene rings is 1. The van der Waals surface area contributed by atoms with Gasteiger partial charge in [-0.05, 0) is 55.3 Å². The highest BCUT2D eigenvalue weighted by Crippen LogP contribution is 2.21. The highest BCUT2D eigenvalue weighted by atomic mass is 32.1. The molecular weight excluding hydrogens is 460 g/mol. The molecule has 0 atom stereocenters. The first-order valence-electron chi connectivity index (χ1n) is 12.3. The molecule has 1 aromatic carbocycles. The molecule has 9 heteroatoms. The highest BCUT2D eigenvalue weighted by Gasteiger charge is 2.18. The molecule has 0 spiro atoms. The second-order valence-electron chi connectivity index (χ2n) is 9.32. The number of nitrogens with one attached hydrogen (secondary N) is 1. The molecule has 1 amide bonds. The minimum atomic E-state index is -0.0281. The van der Waals surface area contributed by atoms with E-state index in [1.54, 1.807) is 4.57 Å². The average Bonchev–Trinajstić information content (AvgIpc) is 3.47. The summed E-state index contributed by atoms with van der Waals surface area (Å²) in [5.74, 6) is 1.54. The Hall–Kier alpha value is -3.20. The van der Waals surface area contributed by atoms with Crippen molar-refractivity contribution in [2.24, 2.45) is 5.92 Å². The van der Waals surface area contributed by atoms with Crippen molar-refractivity contribution < 1.29 is 4.79 Å². The van der Waals surface area contributed by atoms with Gasteiger partial charge in [-0.25, -0.2) is 0 Å². The number of carbonyl (C=O) groups is 1. The summed E-state index contributed by atoms with van der Waals surface area (Å²) in [6, 6.07) is 10.4. The zero-order valence-electron chi connectivity index (χ0n) is 21.0. The maximum Gasteiger partial charge on any atom is 0.272 e. The molecule has 3 heterocycles. The summed E-state index contributed by atoms with van der Waals surface area (Å²) in [6.45, 7) is 11.4. The molecule has 0 unspecified atom stereocenters. The van der Waals surface area contributed by atoms with Crippen LogP contribution in [0.25, 0.3) is 16.0 Å². The van der Waals surface area contributed by atoms with E-state index in [0.717, 1.165) is 25.0 Å². The molecule has 0 saturated carbocycles. The van der Waals surface area contributed by atoms with Crippen molar-refractivity contribution in [3.05, 3.63) is 57.5 Å². The molecule has 0 saturated heterocycles. The lowest BCUT2D eigenvalue weighted by molar-refractivity contribution is -0.121. The van der Waals surface area contributed by atoms with Gasteiger partial charge in [-0.15, -0.1) is 21.5 Å². The SMILES string of the molecule is CCN(CCCNC(=O)CCc1nnc2n(CC(C)C)c(=O)c3sccc3n12)c1cccc(C)c1. The Kier molecular flexibility index (Phi) is 7.85. The number of aromatic nitrogens is 4. The molecule has 4 aromatic rings. The van der Waals surface area contributed by atoms with Crippen molar-refractivity contribution in [1.82, 2.24) is 24.5 Å². The third kappa shape index (κ3) is 5.56. The smallest absolute Gasteiger partial charge is 0.272 e. The standard InChI is InChI=1S/C26H34N6O2S/c1-5-30(20-9-6-8-19(4)16-20)14-7-13-27-23(33)11-10-22-28-29-26-31(17-18(2)3)25(34)24-21(32(22)26)12-15-35-24/h6,8-9,12,15-16,18H,5,7,10-11,13-14,17H2,1-4H3,(H,27,33). The van der Waals surface area contributed by atoms with E-state index < -0.39 is 0 Å². The average molecular weight is 495 g/mol. The summed E-state index contributed by atoms with van der Waals surface area (Å²) in [5, 5.41) is 13.6. The largest absolute Gasteiger partial charge is 0.372 e. The van der Waals surface area contributed by atoms with Gasteiger partial charge in [0, 0.05) is 44.7 Å². The van der Waals surface area contributed by atoms with Crippen molar-refractivity contribution in [3.63, 3.8) is 0 Å². The topological polar surface area (TPSA) is 84.5 Å². The fourth-order valence-corrected chi connectivity index (χ4v) is 5.20. The number of hydrogen-bond acceptors (Lipinski definition) is 6. The zero-order valence-corrected chi connectivity index (χ0v) is 21.8. The molecule has 0 aliphatic heterocycles. The molecule has 0 fully saturated rings. The van der Waals surface area contributed by atoms with Crippen molar-refractivity contribution in [2.45, 2.75) is 53.5 Å². The van der Waals surface area contributed by atoms with E-state index in [9.17, 15) is 9.59 Å².